The molecule has 1 atom stereocenters. The van der Waals surface area contributed by atoms with Gasteiger partial charge in [-0.25, -0.2) is 9.97 Å². The number of aromatic nitrogens is 2. The highest BCUT2D eigenvalue weighted by Gasteiger charge is 2.33. The molecule has 1 fully saturated rings. The van der Waals surface area contributed by atoms with Gasteiger partial charge in [0.2, 0.25) is 5.91 Å². The molecular formula is C23H31N5O2. The predicted octanol–water partition coefficient (Wildman–Crippen LogP) is 2.81. The number of hydrogen-bond acceptors (Lipinski definition) is 6. The third-order valence-corrected chi connectivity index (χ3v) is 6.16. The van der Waals surface area contributed by atoms with Crippen LogP contribution in [0.25, 0.3) is 0 Å². The van der Waals surface area contributed by atoms with Gasteiger partial charge in [0.05, 0.1) is 18.8 Å². The number of amides is 1. The molecule has 1 saturated heterocycles. The van der Waals surface area contributed by atoms with Crippen molar-refractivity contribution in [2.75, 3.05) is 39.6 Å². The van der Waals surface area contributed by atoms with Crippen LogP contribution in [-0.2, 0) is 24.2 Å². The van der Waals surface area contributed by atoms with Gasteiger partial charge in [-0.1, -0.05) is 12.1 Å². The minimum absolute atomic E-state index is 0.0228. The normalized spacial score (nSPS) is 18.9. The Labute approximate surface area is 178 Å². The van der Waals surface area contributed by atoms with Crippen LogP contribution in [0.3, 0.4) is 0 Å². The third kappa shape index (κ3) is 4.26. The molecule has 2 aliphatic rings. The number of carbonyl (C=O) groups is 1. The van der Waals surface area contributed by atoms with E-state index in [0.29, 0.717) is 6.42 Å². The molecule has 0 aliphatic carbocycles. The Hall–Kier alpha value is -2.67. The number of benzene rings is 1. The number of anilines is 1. The molecule has 7 nitrogen and oxygen atoms in total. The van der Waals surface area contributed by atoms with Crippen LogP contribution in [-0.4, -0.2) is 60.0 Å². The topological polar surface area (TPSA) is 70.6 Å². The van der Waals surface area contributed by atoms with Crippen LogP contribution in [0.15, 0.2) is 24.3 Å². The molecule has 1 N–H and O–H groups in total. The fourth-order valence-electron chi connectivity index (χ4n) is 4.44. The monoisotopic (exact) mass is 409 g/mol. The van der Waals surface area contributed by atoms with Gasteiger partial charge in [-0.15, -0.1) is 0 Å². The van der Waals surface area contributed by atoms with Crippen molar-refractivity contribution in [1.29, 1.82) is 0 Å². The van der Waals surface area contributed by atoms with Gasteiger partial charge in [0, 0.05) is 45.1 Å². The summed E-state index contributed by atoms with van der Waals surface area (Å²) in [5.74, 6) is 2.71. The van der Waals surface area contributed by atoms with Crippen LogP contribution in [0, 0.1) is 0 Å². The first-order valence-electron chi connectivity index (χ1n) is 10.8. The molecule has 0 saturated carbocycles. The lowest BCUT2D eigenvalue weighted by molar-refractivity contribution is -0.132. The summed E-state index contributed by atoms with van der Waals surface area (Å²) < 4.78 is 5.21. The zero-order chi connectivity index (χ0) is 21.1. The van der Waals surface area contributed by atoms with E-state index in [4.69, 9.17) is 14.7 Å². The van der Waals surface area contributed by atoms with Gasteiger partial charge in [-0.3, -0.25) is 4.79 Å². The second-order valence-electron chi connectivity index (χ2n) is 8.19. The van der Waals surface area contributed by atoms with Gasteiger partial charge >= 0.3 is 0 Å². The maximum Gasteiger partial charge on any atom is 0.223 e. The quantitative estimate of drug-likeness (QED) is 0.791. The number of hydrogen-bond donors (Lipinski definition) is 1. The molecule has 3 heterocycles. The van der Waals surface area contributed by atoms with Crippen molar-refractivity contribution in [3.8, 4) is 5.75 Å². The van der Waals surface area contributed by atoms with Crippen LogP contribution < -0.4 is 10.1 Å². The number of nitrogens with one attached hydrogen (secondary N) is 1. The van der Waals surface area contributed by atoms with Gasteiger partial charge in [-0.2, -0.15) is 0 Å². The van der Waals surface area contributed by atoms with Crippen molar-refractivity contribution in [3.05, 3.63) is 46.9 Å². The Kier molecular flexibility index (Phi) is 6.18. The summed E-state index contributed by atoms with van der Waals surface area (Å²) in [4.78, 5) is 27.1. The van der Waals surface area contributed by atoms with E-state index in [0.717, 1.165) is 74.0 Å². The number of carbonyl (C=O) groups excluding carboxylic acids is 1. The lowest BCUT2D eigenvalue weighted by Gasteiger charge is -2.29. The molecule has 1 amide bonds. The number of rotatable bonds is 6. The lowest BCUT2D eigenvalue weighted by atomic mass is 10.1. The Morgan fingerprint density at radius 1 is 1.23 bits per heavy atom. The average molecular weight is 410 g/mol. The summed E-state index contributed by atoms with van der Waals surface area (Å²) in [5, 5.41) is 3.25. The Bertz CT molecular complexity index is 882. The molecule has 0 unspecified atom stereocenters. The minimum Gasteiger partial charge on any atom is -0.497 e. The summed E-state index contributed by atoms with van der Waals surface area (Å²) >= 11 is 0. The number of ether oxygens (including phenoxy) is 1. The van der Waals surface area contributed by atoms with Gasteiger partial charge in [-0.05, 0) is 44.0 Å². The molecule has 2 aliphatic heterocycles. The van der Waals surface area contributed by atoms with Crippen LogP contribution in [0.5, 0.6) is 5.75 Å². The lowest BCUT2D eigenvalue weighted by Crippen LogP contribution is -2.33. The Morgan fingerprint density at radius 2 is 2.03 bits per heavy atom. The highest BCUT2D eigenvalue weighted by molar-refractivity contribution is 5.77. The number of fused-ring (bicyclic) bond motifs is 1. The molecule has 0 bridgehead atoms. The highest BCUT2D eigenvalue weighted by Crippen LogP contribution is 2.33. The molecule has 160 valence electrons. The molecule has 1 aromatic heterocycles. The molecule has 0 spiro atoms. The van der Waals surface area contributed by atoms with Crippen molar-refractivity contribution in [2.24, 2.45) is 0 Å². The van der Waals surface area contributed by atoms with Crippen molar-refractivity contribution in [2.45, 2.75) is 44.7 Å². The number of methoxy groups -OCH3 is 1. The standard InChI is InChI=1S/C23H31N5O2/c1-24-22-18-15-27(2)14-12-19(18)25-23(26-22)20-5-4-13-28(20)21(29)11-8-16-6-9-17(30-3)10-7-16/h6-7,9-10,20H,4-5,8,11-15H2,1-3H3,(H,24,25,26)/t20-/m0/s1. The minimum atomic E-state index is -0.0228. The van der Waals surface area contributed by atoms with Crippen LogP contribution >= 0.6 is 0 Å². The molecular weight excluding hydrogens is 378 g/mol. The number of likely N-dealkylation sites (N-methyl/N-ethyl adjacent to an activating group) is 1. The fraction of sp³-hybridized carbons (Fsp3) is 0.522. The second-order valence-corrected chi connectivity index (χ2v) is 8.19. The average Bonchev–Trinajstić information content (AvgIpc) is 3.27. The molecule has 1 aromatic carbocycles. The van der Waals surface area contributed by atoms with Crippen LogP contribution in [0.4, 0.5) is 5.82 Å². The largest absolute Gasteiger partial charge is 0.497 e. The first-order valence-corrected chi connectivity index (χ1v) is 10.8. The van der Waals surface area contributed by atoms with Crippen molar-refractivity contribution in [1.82, 2.24) is 19.8 Å². The second kappa shape index (κ2) is 9.00. The number of likely N-dealkylation sites (tertiary alicyclic amines) is 1. The smallest absolute Gasteiger partial charge is 0.223 e. The van der Waals surface area contributed by atoms with E-state index in [9.17, 15) is 4.79 Å². The third-order valence-electron chi connectivity index (χ3n) is 6.16. The van der Waals surface area contributed by atoms with Gasteiger partial charge < -0.3 is 19.9 Å². The molecule has 0 radical (unpaired) electrons. The van der Waals surface area contributed by atoms with E-state index in [2.05, 4.69) is 17.3 Å². The highest BCUT2D eigenvalue weighted by atomic mass is 16.5. The Balaban J connectivity index is 1.48. The summed E-state index contributed by atoms with van der Waals surface area (Å²) in [7, 11) is 5.69. The van der Waals surface area contributed by atoms with Gasteiger partial charge in [0.1, 0.15) is 11.6 Å². The molecule has 30 heavy (non-hydrogen) atoms. The van der Waals surface area contributed by atoms with Crippen LogP contribution in [0.2, 0.25) is 0 Å². The SMILES string of the molecule is CNc1nc([C@@H]2CCCN2C(=O)CCc2ccc(OC)cc2)nc2c1CN(C)CC2. The summed E-state index contributed by atoms with van der Waals surface area (Å²) in [6.45, 7) is 2.65. The Morgan fingerprint density at radius 3 is 2.77 bits per heavy atom. The predicted molar refractivity (Wildman–Crippen MR) is 117 cm³/mol. The molecule has 4 rings (SSSR count). The van der Waals surface area contributed by atoms with E-state index >= 15 is 0 Å². The van der Waals surface area contributed by atoms with E-state index in [1.165, 1.54) is 5.56 Å². The summed E-state index contributed by atoms with van der Waals surface area (Å²) in [6, 6.07) is 7.91. The van der Waals surface area contributed by atoms with Crippen LogP contribution in [0.1, 0.15) is 47.9 Å². The van der Waals surface area contributed by atoms with Crippen molar-refractivity contribution in [3.63, 3.8) is 0 Å². The van der Waals surface area contributed by atoms with E-state index in [1.54, 1.807) is 7.11 Å². The summed E-state index contributed by atoms with van der Waals surface area (Å²) in [5.41, 5.74) is 3.46. The maximum atomic E-state index is 13.0. The van der Waals surface area contributed by atoms with Gasteiger partial charge in [0.25, 0.3) is 0 Å². The fourth-order valence-corrected chi connectivity index (χ4v) is 4.44. The van der Waals surface area contributed by atoms with E-state index < -0.39 is 0 Å². The zero-order valence-electron chi connectivity index (χ0n) is 18.1. The number of aryl methyl sites for hydroxylation is 1. The number of nitrogens with zero attached hydrogens (tertiary/aromatic N) is 4. The maximum absolute atomic E-state index is 13.0. The van der Waals surface area contributed by atoms with Crippen molar-refractivity contribution >= 4 is 11.7 Å². The van der Waals surface area contributed by atoms with Gasteiger partial charge in [0.15, 0.2) is 5.82 Å². The van der Waals surface area contributed by atoms with E-state index in [-0.39, 0.29) is 11.9 Å². The van der Waals surface area contributed by atoms with Crippen molar-refractivity contribution < 1.29 is 9.53 Å². The summed E-state index contributed by atoms with van der Waals surface area (Å²) in [6.07, 6.45) is 4.07. The molecule has 2 aromatic rings. The molecule has 7 heteroatoms. The van der Waals surface area contributed by atoms with E-state index in [1.807, 2.05) is 36.2 Å². The first kappa shape index (κ1) is 20.6. The first-order chi connectivity index (χ1) is 14.6. The zero-order valence-corrected chi connectivity index (χ0v) is 18.1.